The van der Waals surface area contributed by atoms with Gasteiger partial charge in [-0.2, -0.15) is 0 Å². The summed E-state index contributed by atoms with van der Waals surface area (Å²) in [5, 5.41) is 61.6. The van der Waals surface area contributed by atoms with E-state index < -0.39 is 66.1 Å². The van der Waals surface area contributed by atoms with Crippen molar-refractivity contribution in [1.29, 1.82) is 0 Å². The number of hydrogen-bond acceptors (Lipinski definition) is 11. The SMILES string of the molecule is CNC(=O)C1(O)CC(O)C(OC(=O)/C=C/c2ccc(O)c(O)c2)[C@H](OC(=O)/C=C/c2ccc(O)c(O)c2)C1. The van der Waals surface area contributed by atoms with E-state index in [9.17, 15) is 45.0 Å². The second kappa shape index (κ2) is 11.7. The Morgan fingerprint density at radius 1 is 0.842 bits per heavy atom. The lowest BCUT2D eigenvalue weighted by Gasteiger charge is -2.41. The van der Waals surface area contributed by atoms with Gasteiger partial charge in [-0.1, -0.05) is 12.1 Å². The molecule has 0 aliphatic heterocycles. The zero-order valence-corrected chi connectivity index (χ0v) is 20.1. The van der Waals surface area contributed by atoms with E-state index in [4.69, 9.17) is 9.47 Å². The van der Waals surface area contributed by atoms with Crippen LogP contribution in [0.25, 0.3) is 12.2 Å². The van der Waals surface area contributed by atoms with E-state index in [1.807, 2.05) is 0 Å². The highest BCUT2D eigenvalue weighted by molar-refractivity contribution is 5.89. The van der Waals surface area contributed by atoms with E-state index in [1.54, 1.807) is 0 Å². The molecule has 1 aliphatic rings. The molecule has 2 aromatic carbocycles. The van der Waals surface area contributed by atoms with Crippen LogP contribution in [0, 0.1) is 0 Å². The molecule has 0 radical (unpaired) electrons. The van der Waals surface area contributed by atoms with Crippen LogP contribution in [0.1, 0.15) is 24.0 Å². The van der Waals surface area contributed by atoms with Crippen LogP contribution in [0.4, 0.5) is 0 Å². The maximum atomic E-state index is 12.5. The molecule has 0 saturated heterocycles. The fourth-order valence-electron chi connectivity index (χ4n) is 3.90. The van der Waals surface area contributed by atoms with Crippen molar-refractivity contribution in [2.24, 2.45) is 0 Å². The van der Waals surface area contributed by atoms with Crippen molar-refractivity contribution in [3.8, 4) is 23.0 Å². The molecule has 1 aliphatic carbocycles. The van der Waals surface area contributed by atoms with E-state index in [0.29, 0.717) is 11.1 Å². The summed E-state index contributed by atoms with van der Waals surface area (Å²) in [4.78, 5) is 37.2. The lowest BCUT2D eigenvalue weighted by atomic mass is 9.78. The molecule has 12 nitrogen and oxygen atoms in total. The molecule has 7 N–H and O–H groups in total. The third-order valence-electron chi connectivity index (χ3n) is 5.82. The van der Waals surface area contributed by atoms with Gasteiger partial charge in [0, 0.05) is 32.0 Å². The minimum Gasteiger partial charge on any atom is -0.504 e. The van der Waals surface area contributed by atoms with Crippen LogP contribution in [0.15, 0.2) is 48.6 Å². The van der Waals surface area contributed by atoms with Crippen molar-refractivity contribution < 1.29 is 54.5 Å². The van der Waals surface area contributed by atoms with Crippen LogP contribution in [0.2, 0.25) is 0 Å². The number of nitrogens with one attached hydrogen (secondary N) is 1. The fourth-order valence-corrected chi connectivity index (χ4v) is 3.90. The number of carbonyl (C=O) groups is 3. The Morgan fingerprint density at radius 3 is 1.82 bits per heavy atom. The van der Waals surface area contributed by atoms with Crippen molar-refractivity contribution >= 4 is 30.0 Å². The number of ether oxygens (including phenoxy) is 2. The number of amides is 1. The van der Waals surface area contributed by atoms with Crippen molar-refractivity contribution in [2.45, 2.75) is 36.8 Å². The summed E-state index contributed by atoms with van der Waals surface area (Å²) in [6.07, 6.45) is -0.959. The molecule has 3 unspecified atom stereocenters. The molecule has 1 fully saturated rings. The first kappa shape index (κ1) is 28.0. The summed E-state index contributed by atoms with van der Waals surface area (Å²) in [5.74, 6) is -4.26. The van der Waals surface area contributed by atoms with Crippen molar-refractivity contribution in [1.82, 2.24) is 5.32 Å². The normalized spacial score (nSPS) is 23.3. The number of phenols is 4. The molecule has 0 aromatic heterocycles. The second-order valence-corrected chi connectivity index (χ2v) is 8.63. The van der Waals surface area contributed by atoms with Gasteiger partial charge in [0.15, 0.2) is 29.1 Å². The van der Waals surface area contributed by atoms with Gasteiger partial charge in [-0.25, -0.2) is 9.59 Å². The molecular weight excluding hydrogens is 502 g/mol. The van der Waals surface area contributed by atoms with Crippen LogP contribution < -0.4 is 5.32 Å². The van der Waals surface area contributed by atoms with Gasteiger partial charge < -0.3 is 45.4 Å². The Labute approximate surface area is 216 Å². The summed E-state index contributed by atoms with van der Waals surface area (Å²) in [6, 6.07) is 7.65. The first-order valence-corrected chi connectivity index (χ1v) is 11.4. The summed E-state index contributed by atoms with van der Waals surface area (Å²) in [6.45, 7) is 0. The maximum absolute atomic E-state index is 12.5. The average molecular weight is 529 g/mol. The standard InChI is InChI=1S/C26H27NO11/c1-27-25(35)26(36)12-20(32)24(38-23(34)9-5-15-3-7-17(29)19(31)11-15)21(13-26)37-22(33)8-4-14-2-6-16(28)18(30)10-14/h2-11,20-21,24,28-32,36H,12-13H2,1H3,(H,27,35)/b8-4+,9-5+/t20?,21-,24?,26?/m1/s1. The summed E-state index contributed by atoms with van der Waals surface area (Å²) in [7, 11) is 1.28. The van der Waals surface area contributed by atoms with Crippen molar-refractivity contribution in [3.63, 3.8) is 0 Å². The number of benzene rings is 2. The zero-order valence-electron chi connectivity index (χ0n) is 20.1. The minimum absolute atomic E-state index is 0.344. The molecule has 3 rings (SSSR count). The molecule has 202 valence electrons. The van der Waals surface area contributed by atoms with Gasteiger partial charge in [0.05, 0.1) is 6.10 Å². The van der Waals surface area contributed by atoms with Crippen LogP contribution in [-0.2, 0) is 23.9 Å². The average Bonchev–Trinajstić information content (AvgIpc) is 2.87. The van der Waals surface area contributed by atoms with Gasteiger partial charge in [0.1, 0.15) is 11.7 Å². The van der Waals surface area contributed by atoms with E-state index in [0.717, 1.165) is 12.2 Å². The number of aliphatic hydroxyl groups is 2. The maximum Gasteiger partial charge on any atom is 0.331 e. The smallest absolute Gasteiger partial charge is 0.331 e. The third-order valence-corrected chi connectivity index (χ3v) is 5.82. The largest absolute Gasteiger partial charge is 0.504 e. The highest BCUT2D eigenvalue weighted by atomic mass is 16.6. The second-order valence-electron chi connectivity index (χ2n) is 8.63. The number of esters is 2. The van der Waals surface area contributed by atoms with Gasteiger partial charge in [0.25, 0.3) is 5.91 Å². The summed E-state index contributed by atoms with van der Waals surface area (Å²) < 4.78 is 10.6. The van der Waals surface area contributed by atoms with Gasteiger partial charge >= 0.3 is 11.9 Å². The molecule has 38 heavy (non-hydrogen) atoms. The highest BCUT2D eigenvalue weighted by Gasteiger charge is 2.51. The lowest BCUT2D eigenvalue weighted by Crippen LogP contribution is -2.60. The van der Waals surface area contributed by atoms with E-state index >= 15 is 0 Å². The van der Waals surface area contributed by atoms with Crippen LogP contribution in [0.5, 0.6) is 23.0 Å². The number of phenolic OH excluding ortho intramolecular Hbond substituents is 4. The molecule has 0 heterocycles. The Kier molecular flexibility index (Phi) is 8.61. The molecular formula is C26H27NO11. The van der Waals surface area contributed by atoms with Crippen LogP contribution in [-0.4, -0.2) is 79.4 Å². The van der Waals surface area contributed by atoms with E-state index in [2.05, 4.69) is 5.32 Å². The van der Waals surface area contributed by atoms with Gasteiger partial charge in [-0.05, 0) is 47.5 Å². The predicted octanol–water partition coefficient (Wildman–Crippen LogP) is 0.691. The highest BCUT2D eigenvalue weighted by Crippen LogP contribution is 2.33. The summed E-state index contributed by atoms with van der Waals surface area (Å²) in [5.41, 5.74) is -1.42. The first-order chi connectivity index (χ1) is 17.9. The van der Waals surface area contributed by atoms with E-state index in [1.165, 1.54) is 55.6 Å². The Morgan fingerprint density at radius 2 is 1.34 bits per heavy atom. The Hall–Kier alpha value is -4.55. The number of hydrogen-bond donors (Lipinski definition) is 7. The van der Waals surface area contributed by atoms with Gasteiger partial charge in [0.2, 0.25) is 0 Å². The fraction of sp³-hybridized carbons (Fsp3) is 0.269. The van der Waals surface area contributed by atoms with Gasteiger partial charge in [-0.15, -0.1) is 0 Å². The number of likely N-dealkylation sites (N-methyl/N-ethyl adjacent to an activating group) is 1. The third kappa shape index (κ3) is 6.81. The molecule has 4 atom stereocenters. The molecule has 0 bridgehead atoms. The van der Waals surface area contributed by atoms with Crippen LogP contribution >= 0.6 is 0 Å². The molecule has 1 amide bonds. The predicted molar refractivity (Wildman–Crippen MR) is 132 cm³/mol. The van der Waals surface area contributed by atoms with Crippen molar-refractivity contribution in [2.75, 3.05) is 7.05 Å². The topological polar surface area (TPSA) is 203 Å². The Bertz CT molecular complexity index is 1270. The number of aliphatic hydroxyl groups excluding tert-OH is 1. The monoisotopic (exact) mass is 529 g/mol. The zero-order chi connectivity index (χ0) is 28.0. The van der Waals surface area contributed by atoms with Crippen LogP contribution in [0.3, 0.4) is 0 Å². The molecule has 1 saturated carbocycles. The lowest BCUT2D eigenvalue weighted by molar-refractivity contribution is -0.198. The van der Waals surface area contributed by atoms with E-state index in [-0.39, 0.29) is 11.5 Å². The first-order valence-electron chi connectivity index (χ1n) is 11.4. The quantitative estimate of drug-likeness (QED) is 0.151. The molecule has 0 spiro atoms. The number of carbonyl (C=O) groups excluding carboxylic acids is 3. The molecule has 12 heteroatoms. The Balaban J connectivity index is 1.77. The number of aromatic hydroxyl groups is 4. The molecule has 2 aromatic rings. The van der Waals surface area contributed by atoms with Gasteiger partial charge in [-0.3, -0.25) is 4.79 Å². The summed E-state index contributed by atoms with van der Waals surface area (Å²) >= 11 is 0. The number of rotatable bonds is 7. The minimum atomic E-state index is -2.12. The van der Waals surface area contributed by atoms with Crippen molar-refractivity contribution in [3.05, 3.63) is 59.7 Å².